The lowest BCUT2D eigenvalue weighted by Gasteiger charge is -2.39. The topological polar surface area (TPSA) is 61.6 Å². The van der Waals surface area contributed by atoms with Crippen molar-refractivity contribution in [2.24, 2.45) is 7.05 Å². The molecule has 122 valence electrons. The Bertz CT molecular complexity index is 508. The van der Waals surface area contributed by atoms with E-state index in [2.05, 4.69) is 10.00 Å². The van der Waals surface area contributed by atoms with Crippen molar-refractivity contribution in [3.05, 3.63) is 18.0 Å². The maximum absolute atomic E-state index is 12.3. The average Bonchev–Trinajstić information content (AvgIpc) is 3.13. The number of nitrogens with zero attached hydrogens (tertiary/aromatic N) is 4. The Hall–Kier alpha value is -1.40. The van der Waals surface area contributed by atoms with Gasteiger partial charge in [0.15, 0.2) is 0 Å². The monoisotopic (exact) mass is 306 g/mol. The molecule has 1 saturated heterocycles. The molecule has 6 heteroatoms. The summed E-state index contributed by atoms with van der Waals surface area (Å²) in [7, 11) is 1.89. The SMILES string of the molecule is Cn1cc(CCC(=O)N2CCN([C@H]3CCC[C@H]3O)CC2)cn1. The number of aliphatic hydroxyl groups is 1. The van der Waals surface area contributed by atoms with Gasteiger partial charge in [-0.1, -0.05) is 0 Å². The molecule has 1 aliphatic heterocycles. The summed E-state index contributed by atoms with van der Waals surface area (Å²) in [6.07, 6.45) is 8.07. The highest BCUT2D eigenvalue weighted by atomic mass is 16.3. The van der Waals surface area contributed by atoms with E-state index in [1.807, 2.05) is 24.3 Å². The number of piperazine rings is 1. The molecule has 0 aromatic carbocycles. The first kappa shape index (κ1) is 15.5. The van der Waals surface area contributed by atoms with Crippen molar-refractivity contribution in [3.8, 4) is 0 Å². The van der Waals surface area contributed by atoms with E-state index in [0.29, 0.717) is 12.5 Å². The van der Waals surface area contributed by atoms with Crippen molar-refractivity contribution >= 4 is 5.91 Å². The summed E-state index contributed by atoms with van der Waals surface area (Å²) in [4.78, 5) is 16.6. The summed E-state index contributed by atoms with van der Waals surface area (Å²) in [6.45, 7) is 3.35. The number of hydrogen-bond acceptors (Lipinski definition) is 4. The van der Waals surface area contributed by atoms with Crippen LogP contribution in [0.2, 0.25) is 0 Å². The van der Waals surface area contributed by atoms with Crippen LogP contribution < -0.4 is 0 Å². The third-order valence-electron chi connectivity index (χ3n) is 4.97. The minimum atomic E-state index is -0.173. The van der Waals surface area contributed by atoms with Gasteiger partial charge in [0.2, 0.25) is 5.91 Å². The lowest BCUT2D eigenvalue weighted by Crippen LogP contribution is -2.53. The second-order valence-corrected chi connectivity index (χ2v) is 6.50. The first-order valence-electron chi connectivity index (χ1n) is 8.31. The molecule has 0 spiro atoms. The van der Waals surface area contributed by atoms with E-state index < -0.39 is 0 Å². The summed E-state index contributed by atoms with van der Waals surface area (Å²) in [5.74, 6) is 0.232. The zero-order valence-electron chi connectivity index (χ0n) is 13.3. The van der Waals surface area contributed by atoms with Crippen LogP contribution in [0.15, 0.2) is 12.4 Å². The molecule has 0 radical (unpaired) electrons. The maximum atomic E-state index is 12.3. The molecule has 1 aromatic rings. The van der Waals surface area contributed by atoms with Gasteiger partial charge in [0, 0.05) is 51.9 Å². The highest BCUT2D eigenvalue weighted by molar-refractivity contribution is 5.76. The largest absolute Gasteiger partial charge is 0.391 e. The number of aryl methyl sites for hydroxylation is 2. The molecule has 6 nitrogen and oxygen atoms in total. The Morgan fingerprint density at radius 2 is 2.09 bits per heavy atom. The predicted molar refractivity (Wildman–Crippen MR) is 83.3 cm³/mol. The van der Waals surface area contributed by atoms with E-state index in [1.54, 1.807) is 4.68 Å². The number of rotatable bonds is 4. The minimum absolute atomic E-state index is 0.173. The third kappa shape index (κ3) is 3.50. The zero-order chi connectivity index (χ0) is 15.5. The van der Waals surface area contributed by atoms with Gasteiger partial charge < -0.3 is 10.0 Å². The summed E-state index contributed by atoms with van der Waals surface area (Å²) in [5, 5.41) is 14.1. The van der Waals surface area contributed by atoms with Gasteiger partial charge in [-0.25, -0.2) is 0 Å². The van der Waals surface area contributed by atoms with Crippen molar-refractivity contribution in [1.82, 2.24) is 19.6 Å². The summed E-state index contributed by atoms with van der Waals surface area (Å²) in [6, 6.07) is 0.313. The molecule has 1 saturated carbocycles. The van der Waals surface area contributed by atoms with Gasteiger partial charge in [0.05, 0.1) is 12.3 Å². The third-order valence-corrected chi connectivity index (χ3v) is 4.97. The highest BCUT2D eigenvalue weighted by Gasteiger charge is 2.33. The lowest BCUT2D eigenvalue weighted by atomic mass is 10.1. The van der Waals surface area contributed by atoms with E-state index in [1.165, 1.54) is 0 Å². The van der Waals surface area contributed by atoms with Crippen molar-refractivity contribution in [2.45, 2.75) is 44.2 Å². The fourth-order valence-corrected chi connectivity index (χ4v) is 3.66. The van der Waals surface area contributed by atoms with Crippen LogP contribution in [-0.2, 0) is 18.3 Å². The molecule has 22 heavy (non-hydrogen) atoms. The predicted octanol–water partition coefficient (Wildman–Crippen LogP) is 0.410. The van der Waals surface area contributed by atoms with Crippen molar-refractivity contribution < 1.29 is 9.90 Å². The normalized spacial score (nSPS) is 26.5. The molecule has 3 rings (SSSR count). The van der Waals surface area contributed by atoms with E-state index in [-0.39, 0.29) is 12.0 Å². The van der Waals surface area contributed by atoms with Gasteiger partial charge in [0.1, 0.15) is 0 Å². The van der Waals surface area contributed by atoms with Crippen molar-refractivity contribution in [1.29, 1.82) is 0 Å². The molecule has 2 atom stereocenters. The minimum Gasteiger partial charge on any atom is -0.391 e. The molecular formula is C16H26N4O2. The Labute approximate surface area is 131 Å². The van der Waals surface area contributed by atoms with E-state index in [9.17, 15) is 9.90 Å². The first-order valence-corrected chi connectivity index (χ1v) is 8.31. The standard InChI is InChI=1S/C16H26N4O2/c1-18-12-13(11-17-18)5-6-16(22)20-9-7-19(8-10-20)14-3-2-4-15(14)21/h11-12,14-15,21H,2-10H2,1H3/t14-,15+/m0/s1. The Balaban J connectivity index is 1.43. The van der Waals surface area contributed by atoms with Crippen molar-refractivity contribution in [2.75, 3.05) is 26.2 Å². The van der Waals surface area contributed by atoms with Crippen LogP contribution >= 0.6 is 0 Å². The number of hydrogen-bond donors (Lipinski definition) is 1. The molecule has 1 N–H and O–H groups in total. The fourth-order valence-electron chi connectivity index (χ4n) is 3.66. The Morgan fingerprint density at radius 1 is 1.32 bits per heavy atom. The molecule has 1 aliphatic carbocycles. The molecule has 2 fully saturated rings. The van der Waals surface area contributed by atoms with Crippen LogP contribution in [0, 0.1) is 0 Å². The van der Waals surface area contributed by atoms with Gasteiger partial charge in [-0.2, -0.15) is 5.10 Å². The quantitative estimate of drug-likeness (QED) is 0.875. The van der Waals surface area contributed by atoms with E-state index >= 15 is 0 Å². The molecule has 0 unspecified atom stereocenters. The van der Waals surface area contributed by atoms with Crippen LogP contribution in [-0.4, -0.2) is 68.9 Å². The smallest absolute Gasteiger partial charge is 0.222 e. The number of amides is 1. The van der Waals surface area contributed by atoms with Gasteiger partial charge in [-0.15, -0.1) is 0 Å². The molecule has 1 amide bonds. The zero-order valence-corrected chi connectivity index (χ0v) is 13.3. The van der Waals surface area contributed by atoms with Crippen LogP contribution in [0.4, 0.5) is 0 Å². The summed E-state index contributed by atoms with van der Waals surface area (Å²) >= 11 is 0. The Morgan fingerprint density at radius 3 is 2.68 bits per heavy atom. The van der Waals surface area contributed by atoms with E-state index in [0.717, 1.165) is 57.4 Å². The maximum Gasteiger partial charge on any atom is 0.222 e. The van der Waals surface area contributed by atoms with Crippen LogP contribution in [0.1, 0.15) is 31.2 Å². The number of aliphatic hydroxyl groups excluding tert-OH is 1. The highest BCUT2D eigenvalue weighted by Crippen LogP contribution is 2.25. The molecular weight excluding hydrogens is 280 g/mol. The van der Waals surface area contributed by atoms with Crippen LogP contribution in [0.3, 0.4) is 0 Å². The van der Waals surface area contributed by atoms with Crippen LogP contribution in [0.5, 0.6) is 0 Å². The summed E-state index contributed by atoms with van der Waals surface area (Å²) in [5.41, 5.74) is 1.11. The van der Waals surface area contributed by atoms with Crippen molar-refractivity contribution in [3.63, 3.8) is 0 Å². The average molecular weight is 306 g/mol. The second kappa shape index (κ2) is 6.79. The van der Waals surface area contributed by atoms with Gasteiger partial charge in [-0.05, 0) is 31.2 Å². The Kier molecular flexibility index (Phi) is 4.78. The first-order chi connectivity index (χ1) is 10.6. The van der Waals surface area contributed by atoms with Gasteiger partial charge >= 0.3 is 0 Å². The fraction of sp³-hybridized carbons (Fsp3) is 0.750. The molecule has 2 aliphatic rings. The second-order valence-electron chi connectivity index (χ2n) is 6.50. The molecule has 0 bridgehead atoms. The number of carbonyl (C=O) groups excluding carboxylic acids is 1. The number of carbonyl (C=O) groups is 1. The van der Waals surface area contributed by atoms with E-state index in [4.69, 9.17) is 0 Å². The summed E-state index contributed by atoms with van der Waals surface area (Å²) < 4.78 is 1.77. The lowest BCUT2D eigenvalue weighted by molar-refractivity contribution is -0.133. The van der Waals surface area contributed by atoms with Gasteiger partial charge in [-0.3, -0.25) is 14.4 Å². The molecule has 2 heterocycles. The van der Waals surface area contributed by atoms with Gasteiger partial charge in [0.25, 0.3) is 0 Å². The molecule has 1 aromatic heterocycles. The number of aromatic nitrogens is 2. The van der Waals surface area contributed by atoms with Crippen LogP contribution in [0.25, 0.3) is 0 Å².